The Kier molecular flexibility index (Phi) is 5.39. The molecule has 136 valence electrons. The van der Waals surface area contributed by atoms with E-state index in [2.05, 4.69) is 10.1 Å². The van der Waals surface area contributed by atoms with E-state index in [1.165, 1.54) is 6.07 Å². The van der Waals surface area contributed by atoms with Gasteiger partial charge in [0.15, 0.2) is 11.3 Å². The van der Waals surface area contributed by atoms with Crippen LogP contribution in [0.15, 0.2) is 10.5 Å². The van der Waals surface area contributed by atoms with Crippen LogP contribution in [0.1, 0.15) is 36.9 Å². The van der Waals surface area contributed by atoms with Crippen LogP contribution in [0.25, 0.3) is 11.0 Å². The van der Waals surface area contributed by atoms with E-state index in [0.717, 1.165) is 7.11 Å². The number of aromatic hydroxyl groups is 1. The van der Waals surface area contributed by atoms with Gasteiger partial charge in [0.25, 0.3) is 0 Å². The van der Waals surface area contributed by atoms with Crippen LogP contribution in [0.4, 0.5) is 4.79 Å². The van der Waals surface area contributed by atoms with Crippen molar-refractivity contribution in [1.29, 1.82) is 0 Å². The molecule has 25 heavy (non-hydrogen) atoms. The molecule has 0 aliphatic heterocycles. The Labute approximate surface area is 153 Å². The molecule has 9 heteroatoms. The van der Waals surface area contributed by atoms with Crippen molar-refractivity contribution in [3.05, 3.63) is 27.4 Å². The number of alkyl carbamates (subject to hydrolysis) is 1. The number of carbonyl (C=O) groups excluding carboxylic acids is 2. The number of benzene rings is 1. The zero-order chi connectivity index (χ0) is 18.9. The largest absolute Gasteiger partial charge is 0.505 e. The molecule has 0 bridgehead atoms. The summed E-state index contributed by atoms with van der Waals surface area (Å²) in [5.74, 6) is -1.13. The summed E-state index contributed by atoms with van der Waals surface area (Å²) < 4.78 is 15.3. The summed E-state index contributed by atoms with van der Waals surface area (Å²) >= 11 is 12.2. The lowest BCUT2D eigenvalue weighted by Gasteiger charge is -2.19. The van der Waals surface area contributed by atoms with Crippen molar-refractivity contribution in [2.24, 2.45) is 0 Å². The number of nitrogens with one attached hydrogen (secondary N) is 1. The first kappa shape index (κ1) is 19.2. The van der Waals surface area contributed by atoms with Crippen molar-refractivity contribution >= 4 is 46.2 Å². The number of fused-ring (bicyclic) bond motifs is 1. The molecule has 0 spiro atoms. The molecule has 1 amide bonds. The Morgan fingerprint density at radius 3 is 2.52 bits per heavy atom. The third-order valence-electron chi connectivity index (χ3n) is 3.09. The maximum atomic E-state index is 11.9. The van der Waals surface area contributed by atoms with E-state index in [1.54, 1.807) is 20.8 Å². The minimum atomic E-state index is -0.831. The Bertz CT molecular complexity index is 837. The van der Waals surface area contributed by atoms with Crippen molar-refractivity contribution in [1.82, 2.24) is 5.32 Å². The molecule has 2 aromatic rings. The highest BCUT2D eigenvalue weighted by Gasteiger charge is 2.26. The summed E-state index contributed by atoms with van der Waals surface area (Å²) in [4.78, 5) is 23.6. The Hall–Kier alpha value is -2.12. The summed E-state index contributed by atoms with van der Waals surface area (Å²) in [6.07, 6.45) is -0.655. The number of furan rings is 1. The monoisotopic (exact) mass is 389 g/mol. The first-order valence-electron chi connectivity index (χ1n) is 7.22. The first-order chi connectivity index (χ1) is 11.5. The van der Waals surface area contributed by atoms with Crippen molar-refractivity contribution in [3.8, 4) is 5.75 Å². The minimum absolute atomic E-state index is 0.0136. The summed E-state index contributed by atoms with van der Waals surface area (Å²) in [6, 6.07) is 1.36. The van der Waals surface area contributed by atoms with Gasteiger partial charge >= 0.3 is 12.1 Å². The van der Waals surface area contributed by atoms with Crippen molar-refractivity contribution in [2.75, 3.05) is 7.11 Å². The first-order valence-corrected chi connectivity index (χ1v) is 7.98. The molecule has 0 radical (unpaired) electrons. The van der Waals surface area contributed by atoms with Crippen LogP contribution >= 0.6 is 23.2 Å². The maximum Gasteiger partial charge on any atom is 0.408 e. The van der Waals surface area contributed by atoms with Crippen LogP contribution in [0.2, 0.25) is 10.0 Å². The van der Waals surface area contributed by atoms with Gasteiger partial charge in [-0.2, -0.15) is 0 Å². The van der Waals surface area contributed by atoms with E-state index < -0.39 is 23.4 Å². The third kappa shape index (κ3) is 4.11. The topological polar surface area (TPSA) is 98.0 Å². The number of phenols is 1. The molecular formula is C16H17Cl2NO6. The Morgan fingerprint density at radius 1 is 1.32 bits per heavy atom. The number of esters is 1. The predicted molar refractivity (Wildman–Crippen MR) is 92.3 cm³/mol. The van der Waals surface area contributed by atoms with Crippen LogP contribution in [0.5, 0.6) is 5.75 Å². The number of methoxy groups -OCH3 is 1. The van der Waals surface area contributed by atoms with Crippen molar-refractivity contribution in [3.63, 3.8) is 0 Å². The molecular weight excluding hydrogens is 373 g/mol. The van der Waals surface area contributed by atoms with E-state index in [1.807, 2.05) is 0 Å². The van der Waals surface area contributed by atoms with Crippen LogP contribution in [0.3, 0.4) is 0 Å². The lowest BCUT2D eigenvalue weighted by atomic mass is 10.1. The van der Waals surface area contributed by atoms with Crippen molar-refractivity contribution in [2.45, 2.75) is 32.9 Å². The predicted octanol–water partition coefficient (Wildman–Crippen LogP) is 4.26. The zero-order valence-electron chi connectivity index (χ0n) is 14.0. The second-order valence-corrected chi connectivity index (χ2v) is 6.93. The second-order valence-electron chi connectivity index (χ2n) is 6.14. The minimum Gasteiger partial charge on any atom is -0.505 e. The van der Waals surface area contributed by atoms with Crippen LogP contribution in [-0.4, -0.2) is 29.9 Å². The molecule has 0 saturated carbocycles. The standard InChI is InChI=1S/C16H17Cl2NO6/c1-16(2,3)25-15(22)19-6-9-11(18)7-5-8(17)12(20)10(13(7)24-9)14(21)23-4/h5,20H,6H2,1-4H3,(H,19,22). The second kappa shape index (κ2) is 7.01. The molecule has 1 aromatic heterocycles. The van der Waals surface area contributed by atoms with Crippen molar-refractivity contribution < 1.29 is 28.6 Å². The fraction of sp³-hybridized carbons (Fsp3) is 0.375. The van der Waals surface area contributed by atoms with E-state index in [4.69, 9.17) is 32.4 Å². The number of hydrogen-bond donors (Lipinski definition) is 2. The fourth-order valence-corrected chi connectivity index (χ4v) is 2.53. The maximum absolute atomic E-state index is 11.9. The average molecular weight is 390 g/mol. The van der Waals surface area contributed by atoms with Crippen LogP contribution < -0.4 is 5.32 Å². The highest BCUT2D eigenvalue weighted by atomic mass is 35.5. The molecule has 0 aliphatic carbocycles. The van der Waals surface area contributed by atoms with E-state index in [9.17, 15) is 14.7 Å². The number of amides is 1. The molecule has 0 atom stereocenters. The number of phenolic OH excluding ortho intramolecular Hbond substituents is 1. The van der Waals surface area contributed by atoms with Gasteiger partial charge < -0.3 is 24.3 Å². The summed E-state index contributed by atoms with van der Waals surface area (Å²) in [6.45, 7) is 5.11. The summed E-state index contributed by atoms with van der Waals surface area (Å²) in [7, 11) is 1.16. The molecule has 0 fully saturated rings. The van der Waals surface area contributed by atoms with Crippen LogP contribution in [-0.2, 0) is 16.0 Å². The van der Waals surface area contributed by atoms with Gasteiger partial charge in [0, 0.05) is 5.39 Å². The highest BCUT2D eigenvalue weighted by Crippen LogP contribution is 2.40. The van der Waals surface area contributed by atoms with Gasteiger partial charge in [0.05, 0.1) is 23.7 Å². The smallest absolute Gasteiger partial charge is 0.408 e. The quantitative estimate of drug-likeness (QED) is 0.761. The molecule has 7 nitrogen and oxygen atoms in total. The molecule has 0 saturated heterocycles. The molecule has 1 aromatic carbocycles. The summed E-state index contributed by atoms with van der Waals surface area (Å²) in [5, 5.41) is 12.9. The zero-order valence-corrected chi connectivity index (χ0v) is 15.5. The van der Waals surface area contributed by atoms with E-state index >= 15 is 0 Å². The number of rotatable bonds is 3. The van der Waals surface area contributed by atoms with Gasteiger partial charge in [0.2, 0.25) is 0 Å². The Balaban J connectivity index is 2.39. The van der Waals surface area contributed by atoms with Crippen LogP contribution in [0, 0.1) is 0 Å². The molecule has 0 unspecified atom stereocenters. The van der Waals surface area contributed by atoms with E-state index in [-0.39, 0.29) is 33.5 Å². The fourth-order valence-electron chi connectivity index (χ4n) is 2.08. The molecule has 2 N–H and O–H groups in total. The summed E-state index contributed by atoms with van der Waals surface area (Å²) in [5.41, 5.74) is -0.880. The molecule has 2 rings (SSSR count). The highest BCUT2D eigenvalue weighted by molar-refractivity contribution is 6.38. The normalized spacial score (nSPS) is 11.4. The van der Waals surface area contributed by atoms with Gasteiger partial charge in [-0.15, -0.1) is 0 Å². The Morgan fingerprint density at radius 2 is 1.96 bits per heavy atom. The molecule has 0 aliphatic rings. The molecule has 1 heterocycles. The van der Waals surface area contributed by atoms with E-state index in [0.29, 0.717) is 5.39 Å². The number of halogens is 2. The third-order valence-corrected chi connectivity index (χ3v) is 3.80. The van der Waals surface area contributed by atoms with Gasteiger partial charge in [-0.05, 0) is 26.8 Å². The number of ether oxygens (including phenoxy) is 2. The SMILES string of the molecule is COC(=O)c1c(O)c(Cl)cc2c(Cl)c(CNC(=O)OC(C)(C)C)oc12. The van der Waals surface area contributed by atoms with Gasteiger partial charge in [-0.1, -0.05) is 23.2 Å². The lowest BCUT2D eigenvalue weighted by molar-refractivity contribution is 0.0518. The number of carbonyl (C=O) groups is 2. The lowest BCUT2D eigenvalue weighted by Crippen LogP contribution is -2.32. The van der Waals surface area contributed by atoms with Gasteiger partial charge in [-0.25, -0.2) is 9.59 Å². The average Bonchev–Trinajstić information content (AvgIpc) is 2.80. The van der Waals surface area contributed by atoms with Gasteiger partial charge in [0.1, 0.15) is 16.9 Å². The van der Waals surface area contributed by atoms with Gasteiger partial charge in [-0.3, -0.25) is 0 Å². The number of hydrogen-bond acceptors (Lipinski definition) is 6.